The van der Waals surface area contributed by atoms with E-state index >= 15 is 0 Å². The summed E-state index contributed by atoms with van der Waals surface area (Å²) in [7, 11) is 0. The first-order chi connectivity index (χ1) is 7.47. The molecule has 1 aliphatic carbocycles. The lowest BCUT2D eigenvalue weighted by atomic mass is 10.2. The minimum atomic E-state index is -4.17. The van der Waals surface area contributed by atoms with Gasteiger partial charge >= 0.3 is 6.18 Å². The molecule has 2 rings (SSSR count). The molecule has 6 heteroatoms. The van der Waals surface area contributed by atoms with E-state index in [-0.39, 0.29) is 19.4 Å². The van der Waals surface area contributed by atoms with Crippen molar-refractivity contribution in [2.24, 2.45) is 0 Å². The molecule has 1 aliphatic rings. The second kappa shape index (κ2) is 3.62. The Kier molecular flexibility index (Phi) is 2.53. The van der Waals surface area contributed by atoms with E-state index in [2.05, 4.69) is 17.0 Å². The van der Waals surface area contributed by atoms with Crippen LogP contribution < -0.4 is 5.32 Å². The van der Waals surface area contributed by atoms with Crippen LogP contribution >= 0.6 is 0 Å². The number of nitrogens with one attached hydrogen (secondary N) is 1. The highest BCUT2D eigenvalue weighted by molar-refractivity contribution is 5.18. The summed E-state index contributed by atoms with van der Waals surface area (Å²) < 4.78 is 39.2. The molecular formula is C10H12F3N3. The summed E-state index contributed by atoms with van der Waals surface area (Å²) >= 11 is 0. The van der Waals surface area contributed by atoms with Gasteiger partial charge in [-0.2, -0.15) is 18.3 Å². The monoisotopic (exact) mass is 231 g/mol. The van der Waals surface area contributed by atoms with Crippen LogP contribution in [0.2, 0.25) is 0 Å². The van der Waals surface area contributed by atoms with Crippen molar-refractivity contribution in [3.8, 4) is 0 Å². The quantitative estimate of drug-likeness (QED) is 0.860. The van der Waals surface area contributed by atoms with Gasteiger partial charge in [-0.1, -0.05) is 6.58 Å². The van der Waals surface area contributed by atoms with Crippen LogP contribution in [0, 0.1) is 0 Å². The molecular weight excluding hydrogens is 219 g/mol. The van der Waals surface area contributed by atoms with E-state index in [9.17, 15) is 13.2 Å². The predicted octanol–water partition coefficient (Wildman–Crippen LogP) is 2.17. The highest BCUT2D eigenvalue weighted by atomic mass is 19.4. The third-order valence-corrected chi connectivity index (χ3v) is 2.77. The van der Waals surface area contributed by atoms with Crippen molar-refractivity contribution in [2.45, 2.75) is 31.1 Å². The van der Waals surface area contributed by atoms with Crippen LogP contribution in [0.15, 0.2) is 19.0 Å². The molecule has 1 heterocycles. The summed E-state index contributed by atoms with van der Waals surface area (Å²) in [5, 5.41) is 6.45. The smallest absolute Gasteiger partial charge is 0.299 e. The zero-order valence-corrected chi connectivity index (χ0v) is 8.59. The zero-order chi connectivity index (χ0) is 11.8. The van der Waals surface area contributed by atoms with Crippen LogP contribution in [-0.4, -0.2) is 21.5 Å². The molecule has 0 unspecified atom stereocenters. The van der Waals surface area contributed by atoms with Crippen molar-refractivity contribution in [3.63, 3.8) is 0 Å². The third-order valence-electron chi connectivity index (χ3n) is 2.77. The van der Waals surface area contributed by atoms with Gasteiger partial charge in [0.05, 0.1) is 6.20 Å². The molecule has 1 N–H and O–H groups in total. The average molecular weight is 231 g/mol. The molecule has 0 spiro atoms. The van der Waals surface area contributed by atoms with E-state index in [0.717, 1.165) is 5.56 Å². The summed E-state index contributed by atoms with van der Waals surface area (Å²) in [5.41, 5.74) is -0.945. The van der Waals surface area contributed by atoms with Gasteiger partial charge in [-0.25, -0.2) is 4.68 Å². The molecule has 0 aliphatic heterocycles. The molecule has 1 aromatic heterocycles. The Balaban J connectivity index is 1.95. The molecule has 0 atom stereocenters. The Hall–Kier alpha value is -1.30. The lowest BCUT2D eigenvalue weighted by Crippen LogP contribution is -2.44. The first kappa shape index (κ1) is 11.2. The summed E-state index contributed by atoms with van der Waals surface area (Å²) in [6.07, 6.45) is 0.813. The fraction of sp³-hybridized carbons (Fsp3) is 0.500. The Morgan fingerprint density at radius 3 is 2.69 bits per heavy atom. The average Bonchev–Trinajstić information content (AvgIpc) is 2.88. The number of hydrogen-bond acceptors (Lipinski definition) is 2. The second-order valence-corrected chi connectivity index (χ2v) is 3.94. The van der Waals surface area contributed by atoms with E-state index in [1.54, 1.807) is 6.20 Å². The SMILES string of the molecule is C=Cn1cc(CNC2(C(F)(F)F)CC2)cn1. The first-order valence-corrected chi connectivity index (χ1v) is 4.94. The van der Waals surface area contributed by atoms with Gasteiger partial charge in [0.25, 0.3) is 0 Å². The first-order valence-electron chi connectivity index (χ1n) is 4.94. The van der Waals surface area contributed by atoms with Gasteiger partial charge in [-0.3, -0.25) is 5.32 Å². The lowest BCUT2D eigenvalue weighted by Gasteiger charge is -2.20. The number of alkyl halides is 3. The Morgan fingerprint density at radius 2 is 2.25 bits per heavy atom. The van der Waals surface area contributed by atoms with E-state index in [0.29, 0.717) is 0 Å². The van der Waals surface area contributed by atoms with E-state index < -0.39 is 11.7 Å². The Morgan fingerprint density at radius 1 is 1.56 bits per heavy atom. The van der Waals surface area contributed by atoms with Crippen molar-refractivity contribution in [1.82, 2.24) is 15.1 Å². The highest BCUT2D eigenvalue weighted by Crippen LogP contribution is 2.48. The third kappa shape index (κ3) is 1.97. The summed E-state index contributed by atoms with van der Waals surface area (Å²) in [6.45, 7) is 3.68. The molecule has 16 heavy (non-hydrogen) atoms. The van der Waals surface area contributed by atoms with Crippen molar-refractivity contribution in [1.29, 1.82) is 0 Å². The topological polar surface area (TPSA) is 29.9 Å². The van der Waals surface area contributed by atoms with Crippen molar-refractivity contribution < 1.29 is 13.2 Å². The van der Waals surface area contributed by atoms with Crippen molar-refractivity contribution >= 4 is 6.20 Å². The van der Waals surface area contributed by atoms with Crippen LogP contribution in [0.4, 0.5) is 13.2 Å². The van der Waals surface area contributed by atoms with Crippen LogP contribution in [0.1, 0.15) is 18.4 Å². The predicted molar refractivity (Wildman–Crippen MR) is 53.5 cm³/mol. The van der Waals surface area contributed by atoms with E-state index in [1.165, 1.54) is 17.1 Å². The van der Waals surface area contributed by atoms with Crippen LogP contribution in [-0.2, 0) is 6.54 Å². The molecule has 3 nitrogen and oxygen atoms in total. The van der Waals surface area contributed by atoms with Crippen molar-refractivity contribution in [2.75, 3.05) is 0 Å². The largest absolute Gasteiger partial charge is 0.406 e. The molecule has 0 aromatic carbocycles. The molecule has 0 bridgehead atoms. The van der Waals surface area contributed by atoms with Crippen LogP contribution in [0.5, 0.6) is 0 Å². The summed E-state index contributed by atoms with van der Waals surface area (Å²) in [5.74, 6) is 0. The molecule has 1 fully saturated rings. The minimum Gasteiger partial charge on any atom is -0.299 e. The maximum absolute atomic E-state index is 12.6. The molecule has 0 radical (unpaired) electrons. The fourth-order valence-electron chi connectivity index (χ4n) is 1.53. The minimum absolute atomic E-state index is 0.159. The van der Waals surface area contributed by atoms with Gasteiger partial charge < -0.3 is 0 Å². The fourth-order valence-corrected chi connectivity index (χ4v) is 1.53. The molecule has 0 amide bonds. The Labute approximate surface area is 90.9 Å². The standard InChI is InChI=1S/C10H12F3N3/c1-2-16-7-8(6-15-16)5-14-9(3-4-9)10(11,12)13/h2,6-7,14H,1,3-5H2. The van der Waals surface area contributed by atoms with Gasteiger partial charge in [0, 0.05) is 24.5 Å². The maximum Gasteiger partial charge on any atom is 0.406 e. The second-order valence-electron chi connectivity index (χ2n) is 3.94. The normalized spacial score (nSPS) is 18.4. The van der Waals surface area contributed by atoms with E-state index in [1.807, 2.05) is 0 Å². The number of hydrogen-bond donors (Lipinski definition) is 1. The zero-order valence-electron chi connectivity index (χ0n) is 8.59. The number of halogens is 3. The van der Waals surface area contributed by atoms with Gasteiger partial charge in [0.2, 0.25) is 0 Å². The molecule has 1 saturated carbocycles. The van der Waals surface area contributed by atoms with E-state index in [4.69, 9.17) is 0 Å². The van der Waals surface area contributed by atoms with Gasteiger partial charge in [0.15, 0.2) is 0 Å². The van der Waals surface area contributed by atoms with Crippen LogP contribution in [0.3, 0.4) is 0 Å². The number of rotatable bonds is 4. The van der Waals surface area contributed by atoms with Gasteiger partial charge in [0.1, 0.15) is 5.54 Å². The molecule has 0 saturated heterocycles. The van der Waals surface area contributed by atoms with Gasteiger partial charge in [-0.15, -0.1) is 0 Å². The number of aromatic nitrogens is 2. The lowest BCUT2D eigenvalue weighted by molar-refractivity contribution is -0.166. The highest BCUT2D eigenvalue weighted by Gasteiger charge is 2.62. The van der Waals surface area contributed by atoms with Crippen LogP contribution in [0.25, 0.3) is 6.20 Å². The maximum atomic E-state index is 12.6. The summed E-state index contributed by atoms with van der Waals surface area (Å²) in [6, 6.07) is 0. The molecule has 1 aromatic rings. The molecule has 88 valence electrons. The van der Waals surface area contributed by atoms with Crippen molar-refractivity contribution in [3.05, 3.63) is 24.5 Å². The summed E-state index contributed by atoms with van der Waals surface area (Å²) in [4.78, 5) is 0. The number of nitrogens with zero attached hydrogens (tertiary/aromatic N) is 2. The Bertz CT molecular complexity index is 390. The van der Waals surface area contributed by atoms with Gasteiger partial charge in [-0.05, 0) is 12.8 Å².